The van der Waals surface area contributed by atoms with Gasteiger partial charge in [0, 0.05) is 7.11 Å². The van der Waals surface area contributed by atoms with Gasteiger partial charge in [-0.3, -0.25) is 0 Å². The number of nitrogens with two attached hydrogens (primary N) is 2. The van der Waals surface area contributed by atoms with Crippen molar-refractivity contribution in [1.82, 2.24) is 5.01 Å². The fraction of sp³-hybridized carbons (Fsp3) is 0.571. The van der Waals surface area contributed by atoms with E-state index in [1.165, 1.54) is 26.3 Å². The molecule has 1 atom stereocenters. The van der Waals surface area contributed by atoms with Gasteiger partial charge in [-0.2, -0.15) is 4.99 Å². The number of hydrogen-bond acceptors (Lipinski definition) is 7. The third-order valence-electron chi connectivity index (χ3n) is 1.76. The molecule has 0 spiro atoms. The van der Waals surface area contributed by atoms with Gasteiger partial charge in [0.25, 0.3) is 0 Å². The van der Waals surface area contributed by atoms with E-state index in [0.717, 1.165) is 0 Å². The van der Waals surface area contributed by atoms with Gasteiger partial charge in [0.2, 0.25) is 18.1 Å². The Bertz CT molecular complexity index is 276. The maximum Gasteiger partial charge on any atom is 0.247 e. The van der Waals surface area contributed by atoms with Crippen molar-refractivity contribution in [2.24, 2.45) is 16.6 Å². The molecule has 1 aliphatic heterocycles. The molecule has 80 valence electrons. The molecule has 1 heterocycles. The Kier molecular flexibility index (Phi) is 3.15. The van der Waals surface area contributed by atoms with Crippen LogP contribution in [0.25, 0.3) is 0 Å². The predicted molar refractivity (Wildman–Crippen MR) is 49.5 cm³/mol. The maximum atomic E-state index is 5.67. The summed E-state index contributed by atoms with van der Waals surface area (Å²) in [7, 11) is 4.38. The first-order chi connectivity index (χ1) is 6.65. The number of rotatable bonds is 2. The molecular weight excluding hydrogens is 188 g/mol. The summed E-state index contributed by atoms with van der Waals surface area (Å²) in [5.74, 6) is 6.15. The van der Waals surface area contributed by atoms with Gasteiger partial charge in [-0.05, 0) is 0 Å². The van der Waals surface area contributed by atoms with Crippen LogP contribution < -0.4 is 11.6 Å². The zero-order valence-electron chi connectivity index (χ0n) is 8.35. The van der Waals surface area contributed by atoms with Crippen molar-refractivity contribution >= 4 is 5.90 Å². The molecule has 0 amide bonds. The van der Waals surface area contributed by atoms with Gasteiger partial charge in [-0.1, -0.05) is 0 Å². The lowest BCUT2D eigenvalue weighted by Gasteiger charge is -2.30. The van der Waals surface area contributed by atoms with Gasteiger partial charge in [-0.25, -0.2) is 10.9 Å². The smallest absolute Gasteiger partial charge is 0.247 e. The Balaban J connectivity index is 3.04. The van der Waals surface area contributed by atoms with Crippen molar-refractivity contribution in [2.45, 2.75) is 6.35 Å². The zero-order chi connectivity index (χ0) is 10.7. The van der Waals surface area contributed by atoms with E-state index in [0.29, 0.717) is 0 Å². The topological polar surface area (TPSA) is 95.3 Å². The molecule has 1 unspecified atom stereocenters. The first-order valence-electron chi connectivity index (χ1n) is 3.88. The lowest BCUT2D eigenvalue weighted by Crippen LogP contribution is -2.46. The van der Waals surface area contributed by atoms with Crippen molar-refractivity contribution in [2.75, 3.05) is 21.3 Å². The average molecular weight is 202 g/mol. The normalized spacial score (nSPS) is 22.1. The van der Waals surface area contributed by atoms with Crippen molar-refractivity contribution < 1.29 is 14.2 Å². The second kappa shape index (κ2) is 4.16. The molecule has 0 fully saturated rings. The zero-order valence-corrected chi connectivity index (χ0v) is 8.35. The summed E-state index contributed by atoms with van der Waals surface area (Å²) < 4.78 is 14.9. The van der Waals surface area contributed by atoms with Crippen LogP contribution >= 0.6 is 0 Å². The van der Waals surface area contributed by atoms with Crippen LogP contribution in [-0.2, 0) is 14.2 Å². The van der Waals surface area contributed by atoms with Crippen LogP contribution in [0.3, 0.4) is 0 Å². The summed E-state index contributed by atoms with van der Waals surface area (Å²) in [6.07, 6.45) is -0.688. The highest BCUT2D eigenvalue weighted by Gasteiger charge is 2.28. The van der Waals surface area contributed by atoms with E-state index in [9.17, 15) is 0 Å². The van der Waals surface area contributed by atoms with E-state index in [2.05, 4.69) is 4.99 Å². The second-order valence-electron chi connectivity index (χ2n) is 2.53. The summed E-state index contributed by atoms with van der Waals surface area (Å²) in [4.78, 5) is 3.99. The standard InChI is InChI=1S/C7H14N4O3/c1-12-5-4(8)6(13-2)11(9)7(10-5)14-3/h7H,8-9H2,1-3H3. The first-order valence-corrected chi connectivity index (χ1v) is 3.88. The van der Waals surface area contributed by atoms with Crippen molar-refractivity contribution in [1.29, 1.82) is 0 Å². The molecule has 7 heteroatoms. The number of aliphatic imine (C=N–C) groups is 1. The molecule has 7 nitrogen and oxygen atoms in total. The Hall–Kier alpha value is -1.47. The van der Waals surface area contributed by atoms with Crippen LogP contribution in [0, 0.1) is 0 Å². The Labute approximate surface area is 81.9 Å². The maximum absolute atomic E-state index is 5.67. The van der Waals surface area contributed by atoms with Gasteiger partial charge in [0.1, 0.15) is 0 Å². The molecular formula is C7H14N4O3. The predicted octanol–water partition coefficient (Wildman–Crippen LogP) is -1.08. The van der Waals surface area contributed by atoms with Crippen LogP contribution in [0.15, 0.2) is 16.6 Å². The van der Waals surface area contributed by atoms with Crippen molar-refractivity contribution in [3.8, 4) is 0 Å². The van der Waals surface area contributed by atoms with Crippen LogP contribution in [-0.4, -0.2) is 38.6 Å². The van der Waals surface area contributed by atoms with Crippen LogP contribution in [0.5, 0.6) is 0 Å². The molecule has 0 aromatic rings. The first kappa shape index (κ1) is 10.6. The fourth-order valence-corrected chi connectivity index (χ4v) is 1.11. The van der Waals surface area contributed by atoms with Crippen molar-refractivity contribution in [3.05, 3.63) is 11.6 Å². The summed E-state index contributed by atoms with van der Waals surface area (Å²) in [6.45, 7) is 0. The van der Waals surface area contributed by atoms with Crippen LogP contribution in [0.2, 0.25) is 0 Å². The van der Waals surface area contributed by atoms with E-state index in [-0.39, 0.29) is 17.5 Å². The molecule has 1 aliphatic rings. The molecule has 1 rings (SSSR count). The largest absolute Gasteiger partial charge is 0.480 e. The second-order valence-corrected chi connectivity index (χ2v) is 2.53. The molecule has 0 saturated heterocycles. The van der Waals surface area contributed by atoms with E-state index in [1.54, 1.807) is 0 Å². The third kappa shape index (κ3) is 1.59. The number of hydrogen-bond donors (Lipinski definition) is 2. The Morgan fingerprint density at radius 1 is 1.29 bits per heavy atom. The lowest BCUT2D eigenvalue weighted by molar-refractivity contribution is -0.0434. The molecule has 0 aromatic carbocycles. The summed E-state index contributed by atoms with van der Waals surface area (Å²) in [5, 5.41) is 1.18. The molecule has 4 N–H and O–H groups in total. The minimum Gasteiger partial charge on any atom is -0.480 e. The minimum atomic E-state index is -0.688. The van der Waals surface area contributed by atoms with E-state index in [1.807, 2.05) is 0 Å². The summed E-state index contributed by atoms with van der Waals surface area (Å²) >= 11 is 0. The van der Waals surface area contributed by atoms with Gasteiger partial charge < -0.3 is 19.9 Å². The fourth-order valence-electron chi connectivity index (χ4n) is 1.11. The number of methoxy groups -OCH3 is 3. The molecule has 0 aromatic heterocycles. The van der Waals surface area contributed by atoms with Crippen LogP contribution in [0.1, 0.15) is 0 Å². The quantitative estimate of drug-likeness (QED) is 0.553. The number of nitrogens with zero attached hydrogens (tertiary/aromatic N) is 2. The minimum absolute atomic E-state index is 0.241. The summed E-state index contributed by atoms with van der Waals surface area (Å²) in [6, 6.07) is 0. The molecule has 14 heavy (non-hydrogen) atoms. The molecule has 0 bridgehead atoms. The number of ether oxygens (including phenoxy) is 3. The van der Waals surface area contributed by atoms with Gasteiger partial charge >= 0.3 is 0 Å². The highest BCUT2D eigenvalue weighted by molar-refractivity contribution is 5.93. The van der Waals surface area contributed by atoms with Gasteiger partial charge in [0.05, 0.1) is 14.2 Å². The average Bonchev–Trinajstić information content (AvgIpc) is 2.19. The Morgan fingerprint density at radius 3 is 2.36 bits per heavy atom. The molecule has 0 aliphatic carbocycles. The summed E-state index contributed by atoms with van der Waals surface area (Å²) in [5.41, 5.74) is 5.91. The highest BCUT2D eigenvalue weighted by Crippen LogP contribution is 2.16. The molecule has 0 radical (unpaired) electrons. The number of hydrazine groups is 1. The van der Waals surface area contributed by atoms with Gasteiger partial charge in [-0.15, -0.1) is 0 Å². The third-order valence-corrected chi connectivity index (χ3v) is 1.76. The van der Waals surface area contributed by atoms with Crippen LogP contribution in [0.4, 0.5) is 0 Å². The van der Waals surface area contributed by atoms with E-state index < -0.39 is 6.35 Å². The van der Waals surface area contributed by atoms with Gasteiger partial charge in [0.15, 0.2) is 5.70 Å². The van der Waals surface area contributed by atoms with E-state index >= 15 is 0 Å². The SMILES string of the molecule is COC1=NC(OC)N(N)C(OC)=C1N. The van der Waals surface area contributed by atoms with Crippen molar-refractivity contribution in [3.63, 3.8) is 0 Å². The van der Waals surface area contributed by atoms with E-state index in [4.69, 9.17) is 25.8 Å². The molecule has 0 saturated carbocycles. The highest BCUT2D eigenvalue weighted by atomic mass is 16.5. The lowest BCUT2D eigenvalue weighted by atomic mass is 10.4. The Morgan fingerprint density at radius 2 is 1.93 bits per heavy atom. The monoisotopic (exact) mass is 202 g/mol.